The summed E-state index contributed by atoms with van der Waals surface area (Å²) in [7, 11) is 0. The molecule has 0 atom stereocenters. The van der Waals surface area contributed by atoms with Crippen molar-refractivity contribution < 1.29 is 9.53 Å². The molecule has 0 fully saturated rings. The Kier molecular flexibility index (Phi) is 4.23. The Labute approximate surface area is 118 Å². The molecule has 0 saturated carbocycles. The normalized spacial score (nSPS) is 10.3. The SMILES string of the molecule is CCOc1ccccc1C(=O)c1ccc(C)c(Cl)c1. The molecule has 3 heteroatoms. The fraction of sp³-hybridized carbons (Fsp3) is 0.188. The average molecular weight is 275 g/mol. The van der Waals surface area contributed by atoms with E-state index in [-0.39, 0.29) is 5.78 Å². The molecule has 0 unspecified atom stereocenters. The van der Waals surface area contributed by atoms with E-state index in [0.717, 1.165) is 5.56 Å². The van der Waals surface area contributed by atoms with E-state index in [0.29, 0.717) is 28.5 Å². The summed E-state index contributed by atoms with van der Waals surface area (Å²) in [4.78, 5) is 12.5. The first-order chi connectivity index (χ1) is 9.13. The summed E-state index contributed by atoms with van der Waals surface area (Å²) in [5.41, 5.74) is 2.09. The smallest absolute Gasteiger partial charge is 0.196 e. The van der Waals surface area contributed by atoms with Crippen molar-refractivity contribution in [3.05, 3.63) is 64.2 Å². The summed E-state index contributed by atoms with van der Waals surface area (Å²) in [6.45, 7) is 4.33. The van der Waals surface area contributed by atoms with Gasteiger partial charge in [0.05, 0.1) is 12.2 Å². The second-order valence-corrected chi connectivity index (χ2v) is 4.63. The number of benzene rings is 2. The Morgan fingerprint density at radius 1 is 1.21 bits per heavy atom. The van der Waals surface area contributed by atoms with Gasteiger partial charge in [0.1, 0.15) is 5.75 Å². The van der Waals surface area contributed by atoms with Crippen LogP contribution in [0.2, 0.25) is 5.02 Å². The number of rotatable bonds is 4. The van der Waals surface area contributed by atoms with Gasteiger partial charge >= 0.3 is 0 Å². The molecule has 0 bridgehead atoms. The molecule has 0 aliphatic carbocycles. The van der Waals surface area contributed by atoms with E-state index < -0.39 is 0 Å². The van der Waals surface area contributed by atoms with Gasteiger partial charge < -0.3 is 4.74 Å². The first-order valence-electron chi connectivity index (χ1n) is 6.16. The zero-order chi connectivity index (χ0) is 13.8. The van der Waals surface area contributed by atoms with Crippen LogP contribution in [-0.2, 0) is 0 Å². The van der Waals surface area contributed by atoms with E-state index in [9.17, 15) is 4.79 Å². The van der Waals surface area contributed by atoms with Crippen molar-refractivity contribution in [3.8, 4) is 5.75 Å². The molecule has 2 nitrogen and oxygen atoms in total. The zero-order valence-electron chi connectivity index (χ0n) is 10.9. The monoisotopic (exact) mass is 274 g/mol. The molecule has 0 saturated heterocycles. The topological polar surface area (TPSA) is 26.3 Å². The fourth-order valence-corrected chi connectivity index (χ4v) is 2.01. The van der Waals surface area contributed by atoms with Crippen molar-refractivity contribution in [3.63, 3.8) is 0 Å². The van der Waals surface area contributed by atoms with Crippen LogP contribution in [0.3, 0.4) is 0 Å². The maximum atomic E-state index is 12.5. The number of para-hydroxylation sites is 1. The van der Waals surface area contributed by atoms with Crippen LogP contribution in [0.1, 0.15) is 28.4 Å². The van der Waals surface area contributed by atoms with Crippen LogP contribution in [0.15, 0.2) is 42.5 Å². The highest BCUT2D eigenvalue weighted by molar-refractivity contribution is 6.32. The number of carbonyl (C=O) groups excluding carboxylic acids is 1. The van der Waals surface area contributed by atoms with E-state index in [4.69, 9.17) is 16.3 Å². The third-order valence-electron chi connectivity index (χ3n) is 2.87. The minimum absolute atomic E-state index is 0.0778. The fourth-order valence-electron chi connectivity index (χ4n) is 1.83. The first-order valence-corrected chi connectivity index (χ1v) is 6.54. The number of hydrogen-bond donors (Lipinski definition) is 0. The third-order valence-corrected chi connectivity index (χ3v) is 3.27. The molecule has 2 rings (SSSR count). The van der Waals surface area contributed by atoms with Crippen molar-refractivity contribution in [1.82, 2.24) is 0 Å². The average Bonchev–Trinajstić information content (AvgIpc) is 2.42. The Morgan fingerprint density at radius 3 is 2.63 bits per heavy atom. The largest absolute Gasteiger partial charge is 0.493 e. The summed E-state index contributed by atoms with van der Waals surface area (Å²) in [6.07, 6.45) is 0. The van der Waals surface area contributed by atoms with Gasteiger partial charge in [-0.05, 0) is 37.6 Å². The van der Waals surface area contributed by atoms with Crippen LogP contribution in [-0.4, -0.2) is 12.4 Å². The first kappa shape index (κ1) is 13.6. The van der Waals surface area contributed by atoms with Gasteiger partial charge in [0, 0.05) is 10.6 Å². The molecule has 2 aromatic carbocycles. The quantitative estimate of drug-likeness (QED) is 0.778. The molecule has 0 spiro atoms. The highest BCUT2D eigenvalue weighted by Gasteiger charge is 2.14. The van der Waals surface area contributed by atoms with Gasteiger partial charge in [0.2, 0.25) is 0 Å². The van der Waals surface area contributed by atoms with Crippen molar-refractivity contribution >= 4 is 17.4 Å². The van der Waals surface area contributed by atoms with Crippen LogP contribution in [0.25, 0.3) is 0 Å². The predicted molar refractivity (Wildman–Crippen MR) is 77.2 cm³/mol. The minimum Gasteiger partial charge on any atom is -0.493 e. The van der Waals surface area contributed by atoms with Gasteiger partial charge in [-0.1, -0.05) is 35.9 Å². The maximum Gasteiger partial charge on any atom is 0.196 e. The van der Waals surface area contributed by atoms with E-state index >= 15 is 0 Å². The van der Waals surface area contributed by atoms with Gasteiger partial charge in [-0.15, -0.1) is 0 Å². The summed E-state index contributed by atoms with van der Waals surface area (Å²) in [5.74, 6) is 0.526. The Hall–Kier alpha value is -1.80. The maximum absolute atomic E-state index is 12.5. The summed E-state index contributed by atoms with van der Waals surface area (Å²) >= 11 is 6.06. The lowest BCUT2D eigenvalue weighted by Crippen LogP contribution is -2.05. The van der Waals surface area contributed by atoms with Crippen LogP contribution < -0.4 is 4.74 Å². The van der Waals surface area contributed by atoms with Crippen LogP contribution in [0, 0.1) is 6.92 Å². The second kappa shape index (κ2) is 5.89. The lowest BCUT2D eigenvalue weighted by atomic mass is 10.0. The number of ketones is 1. The summed E-state index contributed by atoms with van der Waals surface area (Å²) in [5, 5.41) is 0.597. The van der Waals surface area contributed by atoms with Crippen LogP contribution in [0.4, 0.5) is 0 Å². The van der Waals surface area contributed by atoms with Crippen molar-refractivity contribution in [2.24, 2.45) is 0 Å². The van der Waals surface area contributed by atoms with Crippen molar-refractivity contribution in [2.75, 3.05) is 6.61 Å². The molecule has 0 N–H and O–H groups in total. The van der Waals surface area contributed by atoms with Crippen molar-refractivity contribution in [2.45, 2.75) is 13.8 Å². The number of aryl methyl sites for hydroxylation is 1. The molecular formula is C16H15ClO2. The highest BCUT2D eigenvalue weighted by Crippen LogP contribution is 2.24. The Morgan fingerprint density at radius 2 is 1.95 bits per heavy atom. The molecule has 0 heterocycles. The summed E-state index contributed by atoms with van der Waals surface area (Å²) in [6, 6.07) is 12.6. The van der Waals surface area contributed by atoms with Gasteiger partial charge in [-0.2, -0.15) is 0 Å². The lowest BCUT2D eigenvalue weighted by molar-refractivity contribution is 0.103. The van der Waals surface area contributed by atoms with Gasteiger partial charge in [-0.3, -0.25) is 4.79 Å². The van der Waals surface area contributed by atoms with Crippen molar-refractivity contribution in [1.29, 1.82) is 0 Å². The van der Waals surface area contributed by atoms with E-state index in [1.54, 1.807) is 24.3 Å². The third kappa shape index (κ3) is 2.96. The standard InChI is InChI=1S/C16H15ClO2/c1-3-19-15-7-5-4-6-13(15)16(18)12-9-8-11(2)14(17)10-12/h4-10H,3H2,1-2H3. The summed E-state index contributed by atoms with van der Waals surface area (Å²) < 4.78 is 5.48. The number of carbonyl (C=O) groups is 1. The molecule has 0 amide bonds. The van der Waals surface area contributed by atoms with E-state index in [1.165, 1.54) is 0 Å². The molecule has 0 radical (unpaired) electrons. The molecule has 0 aromatic heterocycles. The molecular weight excluding hydrogens is 260 g/mol. The Balaban J connectivity index is 2.41. The second-order valence-electron chi connectivity index (χ2n) is 4.22. The Bertz CT molecular complexity index is 605. The van der Waals surface area contributed by atoms with Crippen LogP contribution in [0.5, 0.6) is 5.75 Å². The van der Waals surface area contributed by atoms with Gasteiger partial charge in [0.15, 0.2) is 5.78 Å². The van der Waals surface area contributed by atoms with E-state index in [1.807, 2.05) is 32.0 Å². The van der Waals surface area contributed by atoms with E-state index in [2.05, 4.69) is 0 Å². The van der Waals surface area contributed by atoms with Crippen LogP contribution >= 0.6 is 11.6 Å². The highest BCUT2D eigenvalue weighted by atomic mass is 35.5. The molecule has 2 aromatic rings. The predicted octanol–water partition coefficient (Wildman–Crippen LogP) is 4.28. The number of halogens is 1. The zero-order valence-corrected chi connectivity index (χ0v) is 11.7. The molecule has 98 valence electrons. The lowest BCUT2D eigenvalue weighted by Gasteiger charge is -2.09. The molecule has 0 aliphatic rings. The van der Waals surface area contributed by atoms with Gasteiger partial charge in [0.25, 0.3) is 0 Å². The molecule has 0 aliphatic heterocycles. The minimum atomic E-state index is -0.0778. The molecule has 19 heavy (non-hydrogen) atoms. The number of ether oxygens (including phenoxy) is 1. The number of hydrogen-bond acceptors (Lipinski definition) is 2. The van der Waals surface area contributed by atoms with Gasteiger partial charge in [-0.25, -0.2) is 0 Å².